The van der Waals surface area contributed by atoms with Crippen LogP contribution in [0.4, 0.5) is 5.82 Å². The van der Waals surface area contributed by atoms with Gasteiger partial charge in [-0.1, -0.05) is 5.10 Å². The predicted molar refractivity (Wildman–Crippen MR) is 35.4 cm³/mol. The first kappa shape index (κ1) is 7.13. The van der Waals surface area contributed by atoms with E-state index in [4.69, 9.17) is 0 Å². The van der Waals surface area contributed by atoms with Crippen molar-refractivity contribution >= 4 is 21.7 Å². The lowest BCUT2D eigenvalue weighted by Gasteiger charge is -1.89. The van der Waals surface area contributed by atoms with E-state index in [2.05, 4.69) is 26.2 Å². The van der Waals surface area contributed by atoms with Crippen LogP contribution in [-0.4, -0.2) is 19.9 Å². The maximum atomic E-state index is 10.2. The van der Waals surface area contributed by atoms with Crippen molar-refractivity contribution in [2.75, 3.05) is 0 Å². The lowest BCUT2D eigenvalue weighted by Crippen LogP contribution is -1.98. The van der Waals surface area contributed by atoms with Crippen molar-refractivity contribution in [2.45, 2.75) is 0 Å². The zero-order valence-corrected chi connectivity index (χ0v) is 6.57. The first-order valence-electron chi connectivity index (χ1n) is 2.32. The molecule has 0 atom stereocenters. The molecule has 1 rings (SSSR count). The molecule has 0 spiro atoms. The molecule has 6 nitrogen and oxygen atoms in total. The van der Waals surface area contributed by atoms with E-state index in [9.17, 15) is 10.1 Å². The average molecular weight is 207 g/mol. The Balaban J connectivity index is 3.23. The quantitative estimate of drug-likeness (QED) is 0.495. The molecule has 1 aromatic rings. The lowest BCUT2D eigenvalue weighted by atomic mass is 10.8. The van der Waals surface area contributed by atoms with E-state index in [0.29, 0.717) is 0 Å². The van der Waals surface area contributed by atoms with Crippen LogP contribution in [0.25, 0.3) is 0 Å². The monoisotopic (exact) mass is 206 g/mol. The minimum absolute atomic E-state index is 0.139. The van der Waals surface area contributed by atoms with Gasteiger partial charge >= 0.3 is 5.82 Å². The fourth-order valence-corrected chi connectivity index (χ4v) is 0.993. The third-order valence-corrected chi connectivity index (χ3v) is 1.44. The van der Waals surface area contributed by atoms with Crippen LogP contribution in [0.5, 0.6) is 0 Å². The van der Waals surface area contributed by atoms with Crippen LogP contribution in [0.2, 0.25) is 0 Å². The molecule has 0 amide bonds. The topological polar surface area (TPSA) is 73.8 Å². The van der Waals surface area contributed by atoms with E-state index >= 15 is 0 Å². The second-order valence-corrected chi connectivity index (χ2v) is 2.34. The van der Waals surface area contributed by atoms with Gasteiger partial charge in [-0.2, -0.15) is 0 Å². The van der Waals surface area contributed by atoms with Crippen molar-refractivity contribution in [3.63, 3.8) is 0 Å². The second-order valence-electron chi connectivity index (χ2n) is 1.58. The van der Waals surface area contributed by atoms with Crippen LogP contribution < -0.4 is 0 Å². The highest BCUT2D eigenvalue weighted by Gasteiger charge is 2.17. The Kier molecular flexibility index (Phi) is 1.66. The van der Waals surface area contributed by atoms with Gasteiger partial charge in [0.05, 0.1) is 0 Å². The molecule has 1 heterocycles. The number of nitrogens with zero attached hydrogens (tertiary/aromatic N) is 4. The third-order valence-electron chi connectivity index (χ3n) is 0.931. The van der Waals surface area contributed by atoms with Gasteiger partial charge in [-0.25, -0.2) is 0 Å². The van der Waals surface area contributed by atoms with Gasteiger partial charge in [-0.15, -0.1) is 4.68 Å². The minimum Gasteiger partial charge on any atom is -0.358 e. The number of aromatic nitrogens is 3. The highest BCUT2D eigenvalue weighted by molar-refractivity contribution is 9.10. The van der Waals surface area contributed by atoms with Crippen molar-refractivity contribution in [2.24, 2.45) is 7.05 Å². The first-order valence-corrected chi connectivity index (χ1v) is 3.12. The molecule has 7 heteroatoms. The number of hydrogen-bond donors (Lipinski definition) is 0. The van der Waals surface area contributed by atoms with Gasteiger partial charge in [0.15, 0.2) is 0 Å². The molecule has 1 aromatic heterocycles. The SMILES string of the molecule is Cn1nnc(Br)c1[N+](=O)[O-]. The number of aryl methyl sites for hydroxylation is 1. The van der Waals surface area contributed by atoms with Crippen LogP contribution in [0, 0.1) is 10.1 Å². The Labute approximate surface area is 64.1 Å². The summed E-state index contributed by atoms with van der Waals surface area (Å²) in [6.07, 6.45) is 0. The standard InChI is InChI=1S/C3H3BrN4O2/c1-7-3(8(9)10)2(4)5-6-7/h1H3. The van der Waals surface area contributed by atoms with Gasteiger partial charge in [0.1, 0.15) is 7.05 Å². The first-order chi connectivity index (χ1) is 4.63. The zero-order valence-electron chi connectivity index (χ0n) is 4.98. The number of nitro groups is 1. The normalized spacial score (nSPS) is 9.80. The fraction of sp³-hybridized carbons (Fsp3) is 0.333. The Hall–Kier alpha value is -0.980. The van der Waals surface area contributed by atoms with Crippen molar-refractivity contribution in [1.29, 1.82) is 0 Å². The molecule has 0 saturated carbocycles. The van der Waals surface area contributed by atoms with Gasteiger partial charge in [0.2, 0.25) is 4.60 Å². The summed E-state index contributed by atoms with van der Waals surface area (Å²) < 4.78 is 1.24. The smallest absolute Gasteiger partial charge is 0.358 e. The van der Waals surface area contributed by atoms with Crippen LogP contribution in [0.15, 0.2) is 4.60 Å². The summed E-state index contributed by atoms with van der Waals surface area (Å²) >= 11 is 2.88. The Bertz CT molecular complexity index is 250. The van der Waals surface area contributed by atoms with Gasteiger partial charge in [0.25, 0.3) is 0 Å². The Morgan fingerprint density at radius 1 is 1.80 bits per heavy atom. The molecule has 54 valence electrons. The van der Waals surface area contributed by atoms with Gasteiger partial charge in [0, 0.05) is 5.21 Å². The molecule has 0 N–H and O–H groups in total. The van der Waals surface area contributed by atoms with Crippen molar-refractivity contribution in [1.82, 2.24) is 15.0 Å². The summed E-state index contributed by atoms with van der Waals surface area (Å²) in [5.74, 6) is -0.139. The molecule has 0 aliphatic carbocycles. The molecule has 0 aliphatic heterocycles. The number of halogens is 1. The lowest BCUT2D eigenvalue weighted by molar-refractivity contribution is -0.393. The largest absolute Gasteiger partial charge is 0.379 e. The molecular formula is C3H3BrN4O2. The molecule has 0 bridgehead atoms. The maximum absolute atomic E-state index is 10.2. The minimum atomic E-state index is -0.552. The van der Waals surface area contributed by atoms with Crippen LogP contribution in [-0.2, 0) is 7.05 Å². The molecule has 0 fully saturated rings. The summed E-state index contributed by atoms with van der Waals surface area (Å²) in [5.41, 5.74) is 0. The van der Waals surface area contributed by atoms with Crippen molar-refractivity contribution < 1.29 is 4.92 Å². The van der Waals surface area contributed by atoms with E-state index in [-0.39, 0.29) is 10.4 Å². The van der Waals surface area contributed by atoms with Crippen LogP contribution >= 0.6 is 15.9 Å². The van der Waals surface area contributed by atoms with Crippen LogP contribution in [0.3, 0.4) is 0 Å². The third kappa shape index (κ3) is 0.991. The van der Waals surface area contributed by atoms with E-state index in [1.807, 2.05) is 0 Å². The van der Waals surface area contributed by atoms with E-state index in [1.165, 1.54) is 7.05 Å². The maximum Gasteiger partial charge on any atom is 0.379 e. The summed E-state index contributed by atoms with van der Waals surface area (Å²) in [7, 11) is 1.45. The second kappa shape index (κ2) is 2.33. The molecule has 10 heavy (non-hydrogen) atoms. The summed E-state index contributed by atoms with van der Waals surface area (Å²) in [5, 5.41) is 17.0. The van der Waals surface area contributed by atoms with E-state index in [0.717, 1.165) is 4.68 Å². The molecule has 0 aromatic carbocycles. The van der Waals surface area contributed by atoms with Crippen molar-refractivity contribution in [3.8, 4) is 0 Å². The van der Waals surface area contributed by atoms with Gasteiger partial charge in [-0.05, 0) is 20.9 Å². The number of rotatable bonds is 1. The highest BCUT2D eigenvalue weighted by Crippen LogP contribution is 2.19. The molecule has 0 radical (unpaired) electrons. The average Bonchev–Trinajstić information content (AvgIpc) is 2.11. The molecular weight excluding hydrogens is 204 g/mol. The molecule has 0 saturated heterocycles. The van der Waals surface area contributed by atoms with Crippen LogP contribution in [0.1, 0.15) is 0 Å². The zero-order chi connectivity index (χ0) is 7.72. The fourth-order valence-electron chi connectivity index (χ4n) is 0.520. The Morgan fingerprint density at radius 3 is 2.60 bits per heavy atom. The molecule has 0 unspecified atom stereocenters. The van der Waals surface area contributed by atoms with E-state index in [1.54, 1.807) is 0 Å². The van der Waals surface area contributed by atoms with E-state index < -0.39 is 4.92 Å². The van der Waals surface area contributed by atoms with Gasteiger partial charge in [-0.3, -0.25) is 0 Å². The summed E-state index contributed by atoms with van der Waals surface area (Å²) in [4.78, 5) is 9.63. The van der Waals surface area contributed by atoms with Gasteiger partial charge < -0.3 is 10.1 Å². The Morgan fingerprint density at radius 2 is 2.40 bits per heavy atom. The molecule has 0 aliphatic rings. The predicted octanol–water partition coefficient (Wildman–Crippen LogP) is 0.486. The van der Waals surface area contributed by atoms with Crippen molar-refractivity contribution in [3.05, 3.63) is 14.7 Å². The summed E-state index contributed by atoms with van der Waals surface area (Å²) in [6, 6.07) is 0. The summed E-state index contributed by atoms with van der Waals surface area (Å²) in [6.45, 7) is 0. The highest BCUT2D eigenvalue weighted by atomic mass is 79.9. The number of hydrogen-bond acceptors (Lipinski definition) is 4.